The number of aliphatic carboxylic acids is 1. The first-order valence-corrected chi connectivity index (χ1v) is 12.8. The van der Waals surface area contributed by atoms with Gasteiger partial charge in [-0.15, -0.1) is 0 Å². The summed E-state index contributed by atoms with van der Waals surface area (Å²) < 4.78 is 0. The Bertz CT molecular complexity index is 449. The van der Waals surface area contributed by atoms with Gasteiger partial charge in [0, 0.05) is 6.42 Å². The lowest BCUT2D eigenvalue weighted by Gasteiger charge is -2.03. The van der Waals surface area contributed by atoms with Gasteiger partial charge in [-0.25, -0.2) is 0 Å². The SMILES string of the molecule is CCCCCCCCCCCCCCCC1CC1=CCCC=CCCCC(=O)O. The standard InChI is InChI=1S/C27H48O2/c1-2-3-4-5-6-7-8-9-10-11-12-15-18-21-25-24-26(25)22-19-16-13-14-17-20-23-27(28)29/h13-14,22,25H,2-12,15-21,23-24H2,1H3,(H,28,29). The molecule has 1 saturated carbocycles. The van der Waals surface area contributed by atoms with Crippen LogP contribution in [0.3, 0.4) is 0 Å². The van der Waals surface area contributed by atoms with Crippen molar-refractivity contribution in [2.75, 3.05) is 0 Å². The molecule has 0 saturated heterocycles. The second-order valence-corrected chi connectivity index (χ2v) is 9.05. The molecule has 2 nitrogen and oxygen atoms in total. The first-order valence-electron chi connectivity index (χ1n) is 12.8. The zero-order valence-corrected chi connectivity index (χ0v) is 19.3. The highest BCUT2D eigenvalue weighted by molar-refractivity contribution is 5.66. The molecule has 1 atom stereocenters. The number of rotatable bonds is 21. The molecule has 0 aromatic carbocycles. The molecule has 1 rings (SSSR count). The third-order valence-corrected chi connectivity index (χ3v) is 6.17. The molecule has 2 heteroatoms. The average molecular weight is 405 g/mol. The van der Waals surface area contributed by atoms with Crippen molar-refractivity contribution in [1.82, 2.24) is 0 Å². The minimum atomic E-state index is -0.689. The summed E-state index contributed by atoms with van der Waals surface area (Å²) in [5, 5.41) is 8.59. The lowest BCUT2D eigenvalue weighted by atomic mass is 10.0. The molecule has 1 N–H and O–H groups in total. The Hall–Kier alpha value is -1.05. The molecule has 1 aliphatic rings. The van der Waals surface area contributed by atoms with Crippen LogP contribution in [0.2, 0.25) is 0 Å². The van der Waals surface area contributed by atoms with Crippen molar-refractivity contribution in [2.45, 2.75) is 135 Å². The maximum Gasteiger partial charge on any atom is 0.303 e. The van der Waals surface area contributed by atoms with E-state index in [1.807, 2.05) is 0 Å². The molecular weight excluding hydrogens is 356 g/mol. The van der Waals surface area contributed by atoms with Crippen molar-refractivity contribution < 1.29 is 9.90 Å². The van der Waals surface area contributed by atoms with Gasteiger partial charge in [0.15, 0.2) is 0 Å². The molecule has 1 fully saturated rings. The Labute approximate surface area is 181 Å². The van der Waals surface area contributed by atoms with Crippen molar-refractivity contribution in [2.24, 2.45) is 5.92 Å². The molecule has 1 aliphatic carbocycles. The van der Waals surface area contributed by atoms with Crippen LogP contribution in [0.15, 0.2) is 23.8 Å². The number of unbranched alkanes of at least 4 members (excludes halogenated alkanes) is 14. The summed E-state index contributed by atoms with van der Waals surface area (Å²) in [5.41, 5.74) is 1.70. The highest BCUT2D eigenvalue weighted by Gasteiger charge is 2.27. The van der Waals surface area contributed by atoms with Gasteiger partial charge in [0.05, 0.1) is 0 Å². The van der Waals surface area contributed by atoms with E-state index in [0.717, 1.165) is 31.6 Å². The summed E-state index contributed by atoms with van der Waals surface area (Å²) in [5.74, 6) is 0.216. The van der Waals surface area contributed by atoms with E-state index in [4.69, 9.17) is 5.11 Å². The largest absolute Gasteiger partial charge is 0.481 e. The first kappa shape index (κ1) is 26.0. The lowest BCUT2D eigenvalue weighted by Crippen LogP contribution is -1.92. The molecule has 0 radical (unpaired) electrons. The van der Waals surface area contributed by atoms with E-state index in [2.05, 4.69) is 25.2 Å². The normalized spacial score (nSPS) is 17.4. The summed E-state index contributed by atoms with van der Waals surface area (Å²) in [6, 6.07) is 0. The van der Waals surface area contributed by atoms with Crippen LogP contribution in [-0.4, -0.2) is 11.1 Å². The van der Waals surface area contributed by atoms with Gasteiger partial charge < -0.3 is 5.11 Å². The van der Waals surface area contributed by atoms with Crippen LogP contribution >= 0.6 is 0 Å². The van der Waals surface area contributed by atoms with E-state index < -0.39 is 5.97 Å². The zero-order chi connectivity index (χ0) is 21.0. The van der Waals surface area contributed by atoms with Crippen LogP contribution in [-0.2, 0) is 4.79 Å². The van der Waals surface area contributed by atoms with Gasteiger partial charge in [0.1, 0.15) is 0 Å². The molecule has 1 unspecified atom stereocenters. The van der Waals surface area contributed by atoms with Gasteiger partial charge in [-0.05, 0) is 44.4 Å². The van der Waals surface area contributed by atoms with E-state index in [1.54, 1.807) is 5.57 Å². The summed E-state index contributed by atoms with van der Waals surface area (Å²) >= 11 is 0. The van der Waals surface area contributed by atoms with Gasteiger partial charge in [0.25, 0.3) is 0 Å². The van der Waals surface area contributed by atoms with Crippen LogP contribution in [0.1, 0.15) is 135 Å². The van der Waals surface area contributed by atoms with E-state index >= 15 is 0 Å². The van der Waals surface area contributed by atoms with Gasteiger partial charge in [-0.3, -0.25) is 4.79 Å². The fourth-order valence-corrected chi connectivity index (χ4v) is 4.14. The predicted octanol–water partition coefficient (Wildman–Crippen LogP) is 9.01. The number of carboxylic acid groups (broad SMARTS) is 1. The Balaban J connectivity index is 1.79. The van der Waals surface area contributed by atoms with Crippen molar-refractivity contribution in [3.05, 3.63) is 23.8 Å². The van der Waals surface area contributed by atoms with Gasteiger partial charge in [-0.2, -0.15) is 0 Å². The third-order valence-electron chi connectivity index (χ3n) is 6.17. The summed E-state index contributed by atoms with van der Waals surface area (Å²) in [6.45, 7) is 2.29. The van der Waals surface area contributed by atoms with Crippen molar-refractivity contribution >= 4 is 5.97 Å². The Morgan fingerprint density at radius 3 is 1.93 bits per heavy atom. The maximum absolute atomic E-state index is 10.4. The van der Waals surface area contributed by atoms with Crippen LogP contribution in [0.5, 0.6) is 0 Å². The smallest absolute Gasteiger partial charge is 0.303 e. The quantitative estimate of drug-likeness (QED) is 0.153. The minimum absolute atomic E-state index is 0.287. The number of carboxylic acids is 1. The average Bonchev–Trinajstić information content (AvgIpc) is 3.45. The van der Waals surface area contributed by atoms with Crippen LogP contribution < -0.4 is 0 Å². The second kappa shape index (κ2) is 18.9. The highest BCUT2D eigenvalue weighted by Crippen LogP contribution is 2.42. The fourth-order valence-electron chi connectivity index (χ4n) is 4.14. The summed E-state index contributed by atoms with van der Waals surface area (Å²) in [6.07, 6.45) is 32.5. The number of carbonyl (C=O) groups is 1. The number of allylic oxidation sites excluding steroid dienone is 4. The van der Waals surface area contributed by atoms with Gasteiger partial charge in [-0.1, -0.05) is 114 Å². The molecule has 0 spiro atoms. The van der Waals surface area contributed by atoms with E-state index in [-0.39, 0.29) is 6.42 Å². The lowest BCUT2D eigenvalue weighted by molar-refractivity contribution is -0.137. The topological polar surface area (TPSA) is 37.3 Å². The zero-order valence-electron chi connectivity index (χ0n) is 19.3. The third kappa shape index (κ3) is 17.5. The summed E-state index contributed by atoms with van der Waals surface area (Å²) in [4.78, 5) is 10.4. The Morgan fingerprint density at radius 1 is 0.793 bits per heavy atom. The molecule has 168 valence electrons. The van der Waals surface area contributed by atoms with Crippen molar-refractivity contribution in [3.8, 4) is 0 Å². The van der Waals surface area contributed by atoms with Crippen molar-refractivity contribution in [3.63, 3.8) is 0 Å². The first-order chi connectivity index (χ1) is 14.2. The van der Waals surface area contributed by atoms with Crippen LogP contribution in [0, 0.1) is 5.92 Å². The monoisotopic (exact) mass is 404 g/mol. The molecule has 0 amide bonds. The minimum Gasteiger partial charge on any atom is -0.481 e. The molecule has 0 aromatic rings. The van der Waals surface area contributed by atoms with Gasteiger partial charge in [0.2, 0.25) is 0 Å². The molecule has 0 aromatic heterocycles. The van der Waals surface area contributed by atoms with E-state index in [9.17, 15) is 4.79 Å². The Morgan fingerprint density at radius 2 is 1.34 bits per heavy atom. The Kier molecular flexibility index (Phi) is 17.0. The van der Waals surface area contributed by atoms with E-state index in [0.29, 0.717) is 0 Å². The van der Waals surface area contributed by atoms with Crippen molar-refractivity contribution in [1.29, 1.82) is 0 Å². The summed E-state index contributed by atoms with van der Waals surface area (Å²) in [7, 11) is 0. The predicted molar refractivity (Wildman–Crippen MR) is 126 cm³/mol. The van der Waals surface area contributed by atoms with Crippen LogP contribution in [0.25, 0.3) is 0 Å². The van der Waals surface area contributed by atoms with E-state index in [1.165, 1.54) is 96.3 Å². The molecule has 0 heterocycles. The van der Waals surface area contributed by atoms with Gasteiger partial charge >= 0.3 is 5.97 Å². The van der Waals surface area contributed by atoms with Crippen LogP contribution in [0.4, 0.5) is 0 Å². The fraction of sp³-hybridized carbons (Fsp3) is 0.815. The maximum atomic E-state index is 10.4. The molecule has 0 bridgehead atoms. The number of hydrogen-bond donors (Lipinski definition) is 1. The second-order valence-electron chi connectivity index (χ2n) is 9.05. The molecule has 0 aliphatic heterocycles. The number of hydrogen-bond acceptors (Lipinski definition) is 1. The highest BCUT2D eigenvalue weighted by atomic mass is 16.4. The molecule has 29 heavy (non-hydrogen) atoms. The molecular formula is C27H48O2.